The number of nitrogens with zero attached hydrogens (tertiary/aromatic N) is 2. The molecule has 2 aromatic heterocycles. The predicted molar refractivity (Wildman–Crippen MR) is 379 cm³/mol. The van der Waals surface area contributed by atoms with E-state index in [1.807, 2.05) is 0 Å². The summed E-state index contributed by atoms with van der Waals surface area (Å²) in [6, 6.07) is 118. The Hall–Kier alpha value is -11.1. The molecule has 0 amide bonds. The Morgan fingerprint density at radius 2 is 0.600 bits per heavy atom. The van der Waals surface area contributed by atoms with Gasteiger partial charge in [-0.05, 0) is 194 Å². The predicted octanol–water partition coefficient (Wildman–Crippen LogP) is 23.5. The Morgan fingerprint density at radius 1 is 0.222 bits per heavy atom. The maximum Gasteiger partial charge on any atom is 0.0553 e. The molecule has 0 unspecified atom stereocenters. The van der Waals surface area contributed by atoms with Crippen LogP contribution in [-0.2, 0) is 10.8 Å². The molecule has 0 saturated heterocycles. The molecule has 0 saturated carbocycles. The maximum absolute atomic E-state index is 2.53. The van der Waals surface area contributed by atoms with E-state index >= 15 is 0 Å². The van der Waals surface area contributed by atoms with Crippen molar-refractivity contribution >= 4 is 21.5 Å². The lowest BCUT2D eigenvalue weighted by molar-refractivity contribution is 0.660. The van der Waals surface area contributed by atoms with Crippen LogP contribution in [0, 0.1) is 0 Å². The molecule has 17 rings (SSSR count). The molecule has 0 fully saturated rings. The van der Waals surface area contributed by atoms with Crippen molar-refractivity contribution in [1.82, 2.24) is 9.13 Å². The molecule has 0 N–H and O–H groups in total. The molecule has 0 bridgehead atoms. The van der Waals surface area contributed by atoms with E-state index in [9.17, 15) is 0 Å². The Labute approximate surface area is 526 Å². The van der Waals surface area contributed by atoms with Crippen LogP contribution in [0.1, 0.15) is 49.9 Å². The molecule has 2 aliphatic rings. The van der Waals surface area contributed by atoms with Crippen molar-refractivity contribution in [1.29, 1.82) is 0 Å². The summed E-state index contributed by atoms with van der Waals surface area (Å²) in [5, 5.41) is 4.69. The van der Waals surface area contributed by atoms with Gasteiger partial charge in [0.25, 0.3) is 0 Å². The first-order chi connectivity index (χ1) is 44.1. The van der Waals surface area contributed by atoms with Crippen LogP contribution >= 0.6 is 0 Å². The molecule has 2 heterocycles. The van der Waals surface area contributed by atoms with Gasteiger partial charge in [0.05, 0.1) is 28.5 Å². The van der Waals surface area contributed by atoms with Gasteiger partial charge in [-0.15, -0.1) is 0 Å². The van der Waals surface area contributed by atoms with Crippen LogP contribution in [0.15, 0.2) is 315 Å². The summed E-state index contributed by atoms with van der Waals surface area (Å²) in [5.74, 6) is 0. The van der Waals surface area contributed by atoms with Gasteiger partial charge in [-0.25, -0.2) is 0 Å². The third-order valence-electron chi connectivity index (χ3n) is 19.8. The van der Waals surface area contributed by atoms with Gasteiger partial charge in [0.2, 0.25) is 0 Å². The molecule has 15 aromatic rings. The molecule has 2 aliphatic carbocycles. The molecule has 0 spiro atoms. The summed E-state index contributed by atoms with van der Waals surface area (Å²) in [7, 11) is 0. The number of benzene rings is 13. The molecule has 90 heavy (non-hydrogen) atoms. The summed E-state index contributed by atoms with van der Waals surface area (Å²) >= 11 is 0. The smallest absolute Gasteiger partial charge is 0.0553 e. The highest BCUT2D eigenvalue weighted by molar-refractivity contribution is 6.14. The number of hydrogen-bond acceptors (Lipinski definition) is 0. The van der Waals surface area contributed by atoms with E-state index in [1.165, 1.54) is 99.6 Å². The first-order valence-electron chi connectivity index (χ1n) is 31.5. The quantitative estimate of drug-likeness (QED) is 0.121. The highest BCUT2D eigenvalue weighted by Crippen LogP contribution is 2.52. The Bertz CT molecular complexity index is 5180. The second-order valence-electron chi connectivity index (χ2n) is 25.6. The van der Waals surface area contributed by atoms with Crippen LogP contribution in [0.5, 0.6) is 0 Å². The lowest BCUT2D eigenvalue weighted by atomic mass is 9.81. The number of aromatic nitrogens is 2. The average Bonchev–Trinajstić information content (AvgIpc) is 1.36. The van der Waals surface area contributed by atoms with Gasteiger partial charge in [-0.1, -0.05) is 276 Å². The van der Waals surface area contributed by atoms with E-state index in [0.29, 0.717) is 0 Å². The molecule has 0 radical (unpaired) electrons. The van der Waals surface area contributed by atoms with E-state index in [4.69, 9.17) is 0 Å². The summed E-state index contributed by atoms with van der Waals surface area (Å²) in [6.07, 6.45) is 0. The van der Waals surface area contributed by atoms with Crippen molar-refractivity contribution in [3.63, 3.8) is 0 Å². The van der Waals surface area contributed by atoms with E-state index in [2.05, 4.69) is 352 Å². The molecular formula is C88H64N2. The van der Waals surface area contributed by atoms with E-state index < -0.39 is 0 Å². The monoisotopic (exact) mass is 1150 g/mol. The SMILES string of the molecule is CC1(C)c2ccccc2-c2ccc(-c3ccc(-c4cc(-n5c(-c6ccccc6)ccc5-c5ccccc5)c(-c5ccc(-c6ccc7c(c6)C(C)(C)c6ccccc6-7)cc5)c5cc6ccc(-n7c(-c8ccccc8)ccc7-c7ccccc7)cc6cc45)cc3)cc21. The van der Waals surface area contributed by atoms with Crippen LogP contribution < -0.4 is 0 Å². The summed E-state index contributed by atoms with van der Waals surface area (Å²) in [6.45, 7) is 9.47. The fourth-order valence-electron chi connectivity index (χ4n) is 15.2. The third kappa shape index (κ3) is 8.54. The van der Waals surface area contributed by atoms with Crippen molar-refractivity contribution in [3.8, 4) is 123 Å². The van der Waals surface area contributed by atoms with Crippen LogP contribution in [0.4, 0.5) is 0 Å². The lowest BCUT2D eigenvalue weighted by Gasteiger charge is -2.24. The van der Waals surface area contributed by atoms with Crippen LogP contribution in [0.2, 0.25) is 0 Å². The van der Waals surface area contributed by atoms with Gasteiger partial charge in [-0.3, -0.25) is 0 Å². The normalized spacial score (nSPS) is 13.3. The first-order valence-corrected chi connectivity index (χ1v) is 31.5. The van der Waals surface area contributed by atoms with Crippen molar-refractivity contribution < 1.29 is 0 Å². The first kappa shape index (κ1) is 53.2. The minimum atomic E-state index is -0.104. The van der Waals surface area contributed by atoms with E-state index in [1.54, 1.807) is 0 Å². The Morgan fingerprint density at radius 3 is 1.07 bits per heavy atom. The molecule has 426 valence electrons. The third-order valence-corrected chi connectivity index (χ3v) is 19.8. The maximum atomic E-state index is 2.53. The summed E-state index contributed by atoms with van der Waals surface area (Å²) < 4.78 is 4.97. The molecule has 0 aliphatic heterocycles. The Balaban J connectivity index is 0.908. The fraction of sp³-hybridized carbons (Fsp3) is 0.0682. The lowest BCUT2D eigenvalue weighted by Crippen LogP contribution is -2.14. The molecule has 0 atom stereocenters. The van der Waals surface area contributed by atoms with Crippen LogP contribution in [-0.4, -0.2) is 9.13 Å². The molecular weight excluding hydrogens is 1080 g/mol. The minimum absolute atomic E-state index is 0.100. The van der Waals surface area contributed by atoms with Crippen LogP contribution in [0.25, 0.3) is 145 Å². The van der Waals surface area contributed by atoms with E-state index in [-0.39, 0.29) is 10.8 Å². The largest absolute Gasteiger partial charge is 0.309 e. The van der Waals surface area contributed by atoms with Gasteiger partial charge in [-0.2, -0.15) is 0 Å². The molecule has 2 nitrogen and oxygen atoms in total. The highest BCUT2D eigenvalue weighted by atomic mass is 15.0. The molecule has 2 heteroatoms. The number of hydrogen-bond donors (Lipinski definition) is 0. The number of rotatable bonds is 10. The zero-order valence-corrected chi connectivity index (χ0v) is 50.9. The summed E-state index contributed by atoms with van der Waals surface area (Å²) in [4.78, 5) is 0. The van der Waals surface area contributed by atoms with Gasteiger partial charge in [0.1, 0.15) is 0 Å². The van der Waals surface area contributed by atoms with Crippen molar-refractivity contribution in [2.45, 2.75) is 38.5 Å². The number of fused-ring (bicyclic) bond motifs is 8. The second-order valence-corrected chi connectivity index (χ2v) is 25.6. The van der Waals surface area contributed by atoms with Crippen molar-refractivity contribution in [2.75, 3.05) is 0 Å². The molecule has 13 aromatic carbocycles. The minimum Gasteiger partial charge on any atom is -0.309 e. The zero-order valence-electron chi connectivity index (χ0n) is 50.9. The highest BCUT2D eigenvalue weighted by Gasteiger charge is 2.37. The van der Waals surface area contributed by atoms with Crippen molar-refractivity contribution in [2.24, 2.45) is 0 Å². The standard InChI is InChI=1S/C88H64N2/c1-87(2)77-31-19-17-29-70(77)72-45-42-66(54-79(72)87)57-33-37-59(38-34-57)74-56-85(90-83(62-25-13-7-14-26-62)49-50-84(90)63-27-15-8-16-28-63)86(64-39-35-58(36-40-64)67-43-46-73-71-30-18-20-32-78(71)88(3,4)80(73)55-67)76-52-65-41-44-69(51-68(65)53-75(74)76)89-81(60-21-9-5-10-22-60)47-48-82(89)61-23-11-6-12-24-61/h5-56H,1-4H3. The second kappa shape index (κ2) is 20.8. The average molecular weight is 1150 g/mol. The van der Waals surface area contributed by atoms with Gasteiger partial charge >= 0.3 is 0 Å². The summed E-state index contributed by atoms with van der Waals surface area (Å²) in [5.41, 5.74) is 31.5. The zero-order chi connectivity index (χ0) is 60.2. The van der Waals surface area contributed by atoms with Gasteiger partial charge < -0.3 is 9.13 Å². The van der Waals surface area contributed by atoms with Crippen molar-refractivity contribution in [3.05, 3.63) is 338 Å². The van der Waals surface area contributed by atoms with Gasteiger partial charge in [0, 0.05) is 22.1 Å². The fourth-order valence-corrected chi connectivity index (χ4v) is 15.2. The van der Waals surface area contributed by atoms with Crippen LogP contribution in [0.3, 0.4) is 0 Å². The van der Waals surface area contributed by atoms with E-state index in [0.717, 1.165) is 67.4 Å². The van der Waals surface area contributed by atoms with Gasteiger partial charge in [0.15, 0.2) is 0 Å². The topological polar surface area (TPSA) is 9.86 Å². The Kier molecular flexibility index (Phi) is 12.3.